The van der Waals surface area contributed by atoms with Crippen molar-refractivity contribution in [3.05, 3.63) is 35.0 Å². The van der Waals surface area contributed by atoms with E-state index in [0.717, 1.165) is 24.0 Å². The van der Waals surface area contributed by atoms with Gasteiger partial charge in [0.2, 0.25) is 0 Å². The number of rotatable bonds is 2. The Kier molecular flexibility index (Phi) is 3.97. The minimum Gasteiger partial charge on any atom is -0.458 e. The van der Waals surface area contributed by atoms with Crippen LogP contribution in [0.5, 0.6) is 0 Å². The first-order valence-electron chi connectivity index (χ1n) is 4.69. The Labute approximate surface area is 94.2 Å². The molecule has 1 aliphatic rings. The van der Waals surface area contributed by atoms with Crippen molar-refractivity contribution < 1.29 is 9.53 Å². The van der Waals surface area contributed by atoms with Gasteiger partial charge in [-0.1, -0.05) is 18.2 Å². The van der Waals surface area contributed by atoms with Gasteiger partial charge in [0.1, 0.15) is 6.10 Å². The number of allylic oxidation sites excluding steroid dienone is 2. The number of esters is 1. The molecule has 1 fully saturated rings. The fraction of sp³-hybridized carbons (Fsp3) is 0.364. The molecular formula is C11H14ClNO2. The van der Waals surface area contributed by atoms with Gasteiger partial charge in [-0.3, -0.25) is 4.79 Å². The molecule has 0 aromatic heterocycles. The van der Waals surface area contributed by atoms with Crippen molar-refractivity contribution >= 4 is 17.6 Å². The van der Waals surface area contributed by atoms with Crippen LogP contribution >= 0.6 is 11.6 Å². The van der Waals surface area contributed by atoms with Gasteiger partial charge in [0, 0.05) is 12.0 Å². The van der Waals surface area contributed by atoms with Crippen LogP contribution in [0.1, 0.15) is 19.8 Å². The molecule has 0 heterocycles. The van der Waals surface area contributed by atoms with Gasteiger partial charge in [0.05, 0.1) is 0 Å². The molecule has 15 heavy (non-hydrogen) atoms. The zero-order chi connectivity index (χ0) is 11.4. The quantitative estimate of drug-likeness (QED) is 0.736. The Morgan fingerprint density at radius 1 is 1.73 bits per heavy atom. The SMILES string of the molecule is C=C1/C(=C(Cl)\C=C/N)CCC1OC(C)=O. The highest BCUT2D eigenvalue weighted by Gasteiger charge is 2.27. The number of halogens is 1. The number of hydrogen-bond donors (Lipinski definition) is 1. The van der Waals surface area contributed by atoms with E-state index < -0.39 is 0 Å². The van der Waals surface area contributed by atoms with Crippen molar-refractivity contribution in [1.29, 1.82) is 0 Å². The van der Waals surface area contributed by atoms with Crippen LogP contribution in [-0.2, 0) is 9.53 Å². The summed E-state index contributed by atoms with van der Waals surface area (Å²) in [5.74, 6) is -0.298. The second-order valence-electron chi connectivity index (χ2n) is 3.35. The van der Waals surface area contributed by atoms with E-state index in [1.807, 2.05) is 0 Å². The molecule has 0 bridgehead atoms. The maximum absolute atomic E-state index is 10.8. The summed E-state index contributed by atoms with van der Waals surface area (Å²) in [6, 6.07) is 0. The van der Waals surface area contributed by atoms with Crippen molar-refractivity contribution in [3.63, 3.8) is 0 Å². The van der Waals surface area contributed by atoms with Crippen molar-refractivity contribution in [2.45, 2.75) is 25.9 Å². The average Bonchev–Trinajstić information content (AvgIpc) is 2.48. The van der Waals surface area contributed by atoms with E-state index in [9.17, 15) is 4.79 Å². The van der Waals surface area contributed by atoms with E-state index in [1.54, 1.807) is 6.08 Å². The van der Waals surface area contributed by atoms with Crippen LogP contribution < -0.4 is 5.73 Å². The highest BCUT2D eigenvalue weighted by atomic mass is 35.5. The van der Waals surface area contributed by atoms with Crippen molar-refractivity contribution in [1.82, 2.24) is 0 Å². The van der Waals surface area contributed by atoms with E-state index in [-0.39, 0.29) is 12.1 Å². The van der Waals surface area contributed by atoms with E-state index in [0.29, 0.717) is 5.03 Å². The van der Waals surface area contributed by atoms with E-state index >= 15 is 0 Å². The number of carbonyl (C=O) groups is 1. The first-order chi connectivity index (χ1) is 7.06. The first kappa shape index (κ1) is 11.9. The molecule has 1 saturated carbocycles. The summed E-state index contributed by atoms with van der Waals surface area (Å²) in [7, 11) is 0. The van der Waals surface area contributed by atoms with E-state index in [1.165, 1.54) is 13.1 Å². The summed E-state index contributed by atoms with van der Waals surface area (Å²) in [6.45, 7) is 5.26. The molecule has 0 amide bonds. The lowest BCUT2D eigenvalue weighted by molar-refractivity contribution is -0.144. The minimum atomic E-state index is -0.298. The van der Waals surface area contributed by atoms with Gasteiger partial charge in [-0.2, -0.15) is 0 Å². The second-order valence-corrected chi connectivity index (χ2v) is 3.75. The van der Waals surface area contributed by atoms with Crippen LogP contribution in [0.2, 0.25) is 0 Å². The highest BCUT2D eigenvalue weighted by Crippen LogP contribution is 2.35. The standard InChI is InChI=1S/C11H14ClNO2/c1-7-9(10(12)5-6-13)3-4-11(7)15-8(2)14/h5-6,11H,1,3-4,13H2,2H3/b6-5-,10-9+. The number of hydrogen-bond acceptors (Lipinski definition) is 3. The molecule has 0 aliphatic heterocycles. The molecule has 0 radical (unpaired) electrons. The summed E-state index contributed by atoms with van der Waals surface area (Å²) in [6.07, 6.45) is 4.25. The van der Waals surface area contributed by atoms with Crippen LogP contribution in [0.3, 0.4) is 0 Å². The Bertz CT molecular complexity index is 344. The van der Waals surface area contributed by atoms with Gasteiger partial charge in [0.25, 0.3) is 0 Å². The van der Waals surface area contributed by atoms with E-state index in [2.05, 4.69) is 6.58 Å². The van der Waals surface area contributed by atoms with Gasteiger partial charge in [0.15, 0.2) is 0 Å². The smallest absolute Gasteiger partial charge is 0.303 e. The Morgan fingerprint density at radius 2 is 2.40 bits per heavy atom. The van der Waals surface area contributed by atoms with Crippen molar-refractivity contribution in [2.24, 2.45) is 5.73 Å². The second kappa shape index (κ2) is 5.03. The van der Waals surface area contributed by atoms with Crippen LogP contribution in [-0.4, -0.2) is 12.1 Å². The van der Waals surface area contributed by atoms with Gasteiger partial charge < -0.3 is 10.5 Å². The largest absolute Gasteiger partial charge is 0.458 e. The highest BCUT2D eigenvalue weighted by molar-refractivity contribution is 6.31. The summed E-state index contributed by atoms with van der Waals surface area (Å²) >= 11 is 6.00. The molecule has 3 nitrogen and oxygen atoms in total. The first-order valence-corrected chi connectivity index (χ1v) is 5.07. The van der Waals surface area contributed by atoms with Crippen LogP contribution in [0.4, 0.5) is 0 Å². The maximum Gasteiger partial charge on any atom is 0.303 e. The molecule has 1 atom stereocenters. The van der Waals surface area contributed by atoms with Gasteiger partial charge in [-0.05, 0) is 36.3 Å². The summed E-state index contributed by atoms with van der Waals surface area (Å²) in [4.78, 5) is 10.8. The van der Waals surface area contributed by atoms with Crippen LogP contribution in [0.25, 0.3) is 0 Å². The predicted octanol–water partition coefficient (Wildman–Crippen LogP) is 2.23. The Hall–Kier alpha value is -1.22. The Balaban J connectivity index is 2.80. The molecule has 4 heteroatoms. The molecule has 2 N–H and O–H groups in total. The van der Waals surface area contributed by atoms with Crippen LogP contribution in [0.15, 0.2) is 35.0 Å². The summed E-state index contributed by atoms with van der Waals surface area (Å²) in [5, 5.41) is 0.567. The molecule has 0 spiro atoms. The maximum atomic E-state index is 10.8. The van der Waals surface area contributed by atoms with Crippen molar-refractivity contribution in [2.75, 3.05) is 0 Å². The third-order valence-corrected chi connectivity index (χ3v) is 2.63. The molecular weight excluding hydrogens is 214 g/mol. The molecule has 1 rings (SSSR count). The van der Waals surface area contributed by atoms with Gasteiger partial charge in [-0.15, -0.1) is 0 Å². The number of ether oxygens (including phenoxy) is 1. The molecule has 0 saturated heterocycles. The van der Waals surface area contributed by atoms with Crippen molar-refractivity contribution in [3.8, 4) is 0 Å². The molecule has 0 aromatic carbocycles. The molecule has 1 unspecified atom stereocenters. The monoisotopic (exact) mass is 227 g/mol. The summed E-state index contributed by atoms with van der Waals surface area (Å²) in [5.41, 5.74) is 6.94. The lowest BCUT2D eigenvalue weighted by Gasteiger charge is -2.11. The Morgan fingerprint density at radius 3 is 2.93 bits per heavy atom. The number of carbonyl (C=O) groups excluding carboxylic acids is 1. The predicted molar refractivity (Wildman–Crippen MR) is 60.1 cm³/mol. The average molecular weight is 228 g/mol. The molecule has 0 aromatic rings. The molecule has 1 aliphatic carbocycles. The summed E-state index contributed by atoms with van der Waals surface area (Å²) < 4.78 is 5.10. The topological polar surface area (TPSA) is 52.3 Å². The fourth-order valence-corrected chi connectivity index (χ4v) is 1.88. The third kappa shape index (κ3) is 2.86. The van der Waals surface area contributed by atoms with Crippen LogP contribution in [0, 0.1) is 0 Å². The third-order valence-electron chi connectivity index (χ3n) is 2.27. The lowest BCUT2D eigenvalue weighted by Crippen LogP contribution is -2.13. The molecule has 82 valence electrons. The lowest BCUT2D eigenvalue weighted by atomic mass is 10.1. The normalized spacial score (nSPS) is 24.7. The van der Waals surface area contributed by atoms with Gasteiger partial charge >= 0.3 is 5.97 Å². The van der Waals surface area contributed by atoms with E-state index in [4.69, 9.17) is 22.1 Å². The number of nitrogens with two attached hydrogens (primary N) is 1. The minimum absolute atomic E-state index is 0.238. The zero-order valence-corrected chi connectivity index (χ0v) is 9.38. The van der Waals surface area contributed by atoms with Gasteiger partial charge in [-0.25, -0.2) is 0 Å². The zero-order valence-electron chi connectivity index (χ0n) is 8.63. The fourth-order valence-electron chi connectivity index (χ4n) is 1.59.